The van der Waals surface area contributed by atoms with Gasteiger partial charge >= 0.3 is 51.4 Å². The fraction of sp³-hybridized carbons (Fsp3) is 0.329. The van der Waals surface area contributed by atoms with Crippen molar-refractivity contribution in [3.05, 3.63) is 269 Å². The van der Waals surface area contributed by atoms with Crippen LogP contribution in [0.1, 0.15) is 121 Å². The fourth-order valence-electron chi connectivity index (χ4n) is 14.1. The molecule has 5 fully saturated rings. The van der Waals surface area contributed by atoms with Crippen LogP contribution in [0.4, 0.5) is 35.1 Å². The molecule has 6 aliphatic rings. The van der Waals surface area contributed by atoms with Gasteiger partial charge in [-0.15, -0.1) is 0 Å². The van der Waals surface area contributed by atoms with Gasteiger partial charge in [0.05, 0.1) is 53.9 Å². The van der Waals surface area contributed by atoms with Crippen LogP contribution < -0.4 is 77.2 Å². The molecule has 0 aliphatic carbocycles. The topological polar surface area (TPSA) is 257 Å². The molecule has 8 aromatic rings. The Hall–Kier alpha value is -7.62. The Labute approximate surface area is 653 Å². The van der Waals surface area contributed by atoms with E-state index in [0.717, 1.165) is 24.3 Å². The summed E-state index contributed by atoms with van der Waals surface area (Å²) in [5.74, 6) is -5.73. The van der Waals surface area contributed by atoms with Gasteiger partial charge in [0, 0.05) is 40.5 Å². The zero-order valence-electron chi connectivity index (χ0n) is 58.8. The number of nitrogens with one attached hydrogen (secondary N) is 2. The van der Waals surface area contributed by atoms with Crippen LogP contribution in [0.15, 0.2) is 194 Å². The monoisotopic (exact) mass is 1550 g/mol. The number of nitrogens with two attached hydrogens (primary N) is 1. The molecule has 6 aromatic carbocycles. The number of phenolic OH excluding ortho intramolecular Hbond substituents is 1. The third-order valence-corrected chi connectivity index (χ3v) is 29.7. The normalized spacial score (nSPS) is 26.6. The molecular formula is C76H77F8KN6O12S3. The maximum Gasteiger partial charge on any atom is 1.00 e. The van der Waals surface area contributed by atoms with Gasteiger partial charge in [-0.25, -0.2) is 70.3 Å². The standard InChI is InChI=1S/C27H25F3N2O4S.C26H24F3N3O4S.C22H23F2NO4S.CH4.K.H/c1-16-26(2,3)37(33,34)24-14-23(17-6-8-18(28)9-7-17)35-15-27(24,32-16)20-13-19(10-11-21(20)29)36-25-22(30)5-4-12-31-25;1-25(2)24(30)32-26(18-12-17(9-10-19(18)28)36-23-20(29)4-3-11-31-23)14-35-21(13-22(26)37(25,33)34)15-5-7-16(27)8-6-15;1-13-21(2,3)30(27,28)20-11-19(14-4-6-15(23)7-5-14)29-12-22(20,25-13)17-10-16(26)8-9-18(17)24;;;/h4-13,23-24,32H,1,14-15H2,2-3H3;3-12,21-22H,13-14H2,1-2H3,(H2,30,32);4-10,19-20,25-26H,1,11-12H2,2-3H3;1H4;;/q;;;;+1;-1/t23-,24-,27-;21-,22-,26-;19-,20-,22-;;;/m111.../s1. The Morgan fingerprint density at radius 1 is 0.481 bits per heavy atom. The van der Waals surface area contributed by atoms with Crippen LogP contribution in [0.2, 0.25) is 0 Å². The van der Waals surface area contributed by atoms with Crippen LogP contribution >= 0.6 is 0 Å². The summed E-state index contributed by atoms with van der Waals surface area (Å²) in [4.78, 5) is 12.3. The number of aromatic nitrogens is 2. The van der Waals surface area contributed by atoms with Gasteiger partial charge in [-0.3, -0.25) is 4.99 Å². The van der Waals surface area contributed by atoms with E-state index in [2.05, 4.69) is 38.8 Å². The van der Waals surface area contributed by atoms with Crippen molar-refractivity contribution in [1.29, 1.82) is 0 Å². The number of benzene rings is 6. The van der Waals surface area contributed by atoms with Crippen molar-refractivity contribution in [3.8, 4) is 29.0 Å². The van der Waals surface area contributed by atoms with Gasteiger partial charge in [0.15, 0.2) is 41.1 Å². The number of halogens is 8. The van der Waals surface area contributed by atoms with Crippen molar-refractivity contribution in [1.82, 2.24) is 20.6 Å². The number of sulfone groups is 3. The third-order valence-electron chi connectivity index (χ3n) is 20.7. The van der Waals surface area contributed by atoms with Crippen molar-refractivity contribution in [3.63, 3.8) is 0 Å². The Morgan fingerprint density at radius 3 is 1.24 bits per heavy atom. The van der Waals surface area contributed by atoms with Crippen LogP contribution in [-0.4, -0.2) is 96.0 Å². The quantitative estimate of drug-likeness (QED) is 0.0733. The molecule has 0 radical (unpaired) electrons. The molecule has 5 saturated heterocycles. The first kappa shape index (κ1) is 80.9. The van der Waals surface area contributed by atoms with E-state index in [1.165, 1.54) is 142 Å². The number of pyridine rings is 2. The number of ether oxygens (including phenoxy) is 5. The minimum atomic E-state index is -4.05. The van der Waals surface area contributed by atoms with Crippen molar-refractivity contribution in [2.24, 2.45) is 10.7 Å². The maximum atomic E-state index is 15.5. The summed E-state index contributed by atoms with van der Waals surface area (Å²) in [6.07, 6.45) is 0.651. The molecule has 9 atom stereocenters. The van der Waals surface area contributed by atoms with Gasteiger partial charge in [0.1, 0.15) is 88.8 Å². The van der Waals surface area contributed by atoms with Gasteiger partial charge in [-0.2, -0.15) is 0 Å². The summed E-state index contributed by atoms with van der Waals surface area (Å²) in [5, 5.41) is 12.8. The number of nitrogens with zero attached hydrogens (tertiary/aromatic N) is 3. The predicted molar refractivity (Wildman–Crippen MR) is 378 cm³/mol. The number of phenols is 1. The number of hydrogen-bond donors (Lipinski definition) is 4. The number of fused-ring (bicyclic) bond motifs is 3. The van der Waals surface area contributed by atoms with E-state index < -0.39 is 141 Å². The van der Waals surface area contributed by atoms with E-state index in [1.54, 1.807) is 39.8 Å². The van der Waals surface area contributed by atoms with Crippen molar-refractivity contribution < 1.29 is 142 Å². The molecule has 14 rings (SSSR count). The average molecular weight is 1550 g/mol. The van der Waals surface area contributed by atoms with Crippen molar-refractivity contribution in [2.45, 2.75) is 133 Å². The second-order valence-electron chi connectivity index (χ2n) is 27.7. The molecule has 8 heterocycles. The summed E-state index contributed by atoms with van der Waals surface area (Å²) in [7, 11) is -11.9. The zero-order valence-corrected chi connectivity index (χ0v) is 63.4. The summed E-state index contributed by atoms with van der Waals surface area (Å²) < 4.78 is 223. The number of hydrogen-bond acceptors (Lipinski definition) is 18. The molecule has 6 aliphatic heterocycles. The number of rotatable bonds is 10. The van der Waals surface area contributed by atoms with Crippen LogP contribution in [0.3, 0.4) is 0 Å². The average Bonchev–Trinajstić information content (AvgIpc) is 0.712. The molecule has 5 N–H and O–H groups in total. The van der Waals surface area contributed by atoms with E-state index in [0.29, 0.717) is 16.7 Å². The number of aliphatic imine (C=N–C) groups is 1. The Bertz CT molecular complexity index is 5090. The third kappa shape index (κ3) is 14.3. The van der Waals surface area contributed by atoms with E-state index in [1.807, 2.05) is 0 Å². The second kappa shape index (κ2) is 30.1. The predicted octanol–water partition coefficient (Wildman–Crippen LogP) is 11.4. The van der Waals surface area contributed by atoms with Crippen molar-refractivity contribution >= 4 is 35.3 Å². The molecule has 18 nitrogen and oxygen atoms in total. The molecular weight excluding hydrogens is 1480 g/mol. The first-order chi connectivity index (χ1) is 48.9. The molecule has 0 spiro atoms. The zero-order chi connectivity index (χ0) is 75.1. The first-order valence-corrected chi connectivity index (χ1v) is 37.3. The first-order valence-electron chi connectivity index (χ1n) is 32.7. The fourth-order valence-corrected chi connectivity index (χ4v) is 20.9. The summed E-state index contributed by atoms with van der Waals surface area (Å²) in [6.45, 7) is 16.2. The van der Waals surface area contributed by atoms with Crippen LogP contribution in [0.25, 0.3) is 0 Å². The van der Waals surface area contributed by atoms with Gasteiger partial charge in [0.25, 0.3) is 11.8 Å². The Kier molecular flexibility index (Phi) is 23.0. The molecule has 0 bridgehead atoms. The van der Waals surface area contributed by atoms with Gasteiger partial charge in [-0.1, -0.05) is 57.0 Å². The Balaban J connectivity index is 0.000000184. The van der Waals surface area contributed by atoms with E-state index in [4.69, 9.17) is 29.4 Å². The number of aromatic hydroxyl groups is 1. The summed E-state index contributed by atoms with van der Waals surface area (Å²) in [5.41, 5.74) is 3.54. The van der Waals surface area contributed by atoms with Crippen LogP contribution in [0, 0.1) is 46.5 Å². The molecule has 558 valence electrons. The van der Waals surface area contributed by atoms with E-state index in [-0.39, 0.29) is 162 Å². The van der Waals surface area contributed by atoms with Crippen molar-refractivity contribution in [2.75, 3.05) is 19.8 Å². The number of amidine groups is 1. The smallest absolute Gasteiger partial charge is 1.00 e. The summed E-state index contributed by atoms with van der Waals surface area (Å²) >= 11 is 0. The minimum absolute atomic E-state index is 0. The van der Waals surface area contributed by atoms with E-state index in [9.17, 15) is 56.7 Å². The SMILES string of the molecule is C.C=C1N[C@@]2(c3cc(O)ccc3F)CO[C@@H](c3ccc(F)cc3)C[C@H]2S(=O)(=O)C1(C)C.C=C1N[C@@]2(c3cc(Oc4ncccc4F)ccc3F)CO[C@@H](c3ccc(F)cc3)C[C@H]2S(=O)(=O)C1(C)C.CC1(C)C(N)=N[C@@]2(c3cc(Oc4ncccc4F)ccc3F)CO[C@@H](c3ccc(F)cc3)C[C@H]2S1(=O)=O.[H-].[K+]. The van der Waals surface area contributed by atoms with Crippen LogP contribution in [0.5, 0.6) is 29.0 Å². The molecule has 30 heteroatoms. The summed E-state index contributed by atoms with van der Waals surface area (Å²) in [6, 6.07) is 32.9. The molecule has 0 unspecified atom stereocenters. The molecule has 0 saturated carbocycles. The second-order valence-corrected chi connectivity index (χ2v) is 35.7. The van der Waals surface area contributed by atoms with Crippen LogP contribution in [-0.2, 0) is 60.3 Å². The van der Waals surface area contributed by atoms with E-state index >= 15 is 8.78 Å². The largest absolute Gasteiger partial charge is 1.00 e. The Morgan fingerprint density at radius 2 is 0.830 bits per heavy atom. The van der Waals surface area contributed by atoms with Gasteiger partial charge < -0.3 is 46.6 Å². The molecule has 2 aromatic heterocycles. The minimum Gasteiger partial charge on any atom is -1.00 e. The molecule has 106 heavy (non-hydrogen) atoms. The maximum absolute atomic E-state index is 15.5. The molecule has 0 amide bonds. The van der Waals surface area contributed by atoms with Gasteiger partial charge in [-0.05, 0) is 193 Å². The van der Waals surface area contributed by atoms with Gasteiger partial charge in [0.2, 0.25) is 0 Å².